The summed E-state index contributed by atoms with van der Waals surface area (Å²) in [6.45, 7) is 12.9. The number of carbonyl (C=O) groups is 2. The Morgan fingerprint density at radius 2 is 1.87 bits per heavy atom. The molecule has 256 valence electrons. The van der Waals surface area contributed by atoms with Crippen molar-refractivity contribution in [2.24, 2.45) is 16.3 Å². The Bertz CT molecular complexity index is 1660. The minimum absolute atomic E-state index is 0.149. The van der Waals surface area contributed by atoms with Crippen LogP contribution in [0.4, 0.5) is 4.39 Å². The quantitative estimate of drug-likeness (QED) is 0.237. The maximum atomic E-state index is 14.8. The van der Waals surface area contributed by atoms with Crippen molar-refractivity contribution < 1.29 is 31.9 Å². The molecule has 14 heteroatoms. The first-order valence-electron chi connectivity index (χ1n) is 16.2. The minimum atomic E-state index is -3.65. The molecule has 1 atom stereocenters. The third kappa shape index (κ3) is 7.55. The Morgan fingerprint density at radius 3 is 2.49 bits per heavy atom. The van der Waals surface area contributed by atoms with Gasteiger partial charge in [-0.2, -0.15) is 0 Å². The first-order chi connectivity index (χ1) is 22.1. The Balaban J connectivity index is 1.35. The number of aromatic nitrogens is 1. The molecule has 1 saturated carbocycles. The van der Waals surface area contributed by atoms with Crippen molar-refractivity contribution in [3.63, 3.8) is 0 Å². The molecule has 3 aliphatic rings. The number of halogens is 1. The number of nitrogens with zero attached hydrogens (tertiary/aromatic N) is 3. The second-order valence-corrected chi connectivity index (χ2v) is 22.8. The van der Waals surface area contributed by atoms with E-state index < -0.39 is 46.6 Å². The number of benzene rings is 1. The molecule has 2 fully saturated rings. The molecule has 2 aliphatic heterocycles. The number of amidine groups is 1. The first-order valence-corrected chi connectivity index (χ1v) is 22.3. The number of piperidine rings is 1. The normalized spacial score (nSPS) is 24.3. The van der Waals surface area contributed by atoms with Gasteiger partial charge in [-0.15, -0.1) is 11.3 Å². The number of aliphatic imine (C=N–C) groups is 1. The van der Waals surface area contributed by atoms with Crippen LogP contribution >= 0.6 is 11.3 Å². The van der Waals surface area contributed by atoms with E-state index >= 15 is 0 Å². The molecule has 1 aliphatic carbocycles. The van der Waals surface area contributed by atoms with Gasteiger partial charge in [0.05, 0.1) is 29.5 Å². The highest BCUT2D eigenvalue weighted by Crippen LogP contribution is 2.47. The van der Waals surface area contributed by atoms with Gasteiger partial charge in [-0.3, -0.25) is 9.79 Å². The number of esters is 2. The topological polar surface area (TPSA) is 127 Å². The van der Waals surface area contributed by atoms with Crippen LogP contribution in [-0.2, 0) is 29.1 Å². The summed E-state index contributed by atoms with van der Waals surface area (Å²) in [6, 6.07) is 4.77. The van der Waals surface area contributed by atoms with E-state index in [1.807, 2.05) is 5.38 Å². The third-order valence-corrected chi connectivity index (χ3v) is 14.1. The molecule has 1 unspecified atom stereocenters. The fraction of sp³-hybridized carbons (Fsp3) is 0.576. The van der Waals surface area contributed by atoms with Gasteiger partial charge >= 0.3 is 11.9 Å². The molecule has 0 spiro atoms. The zero-order chi connectivity index (χ0) is 34.1. The molecule has 3 heterocycles. The second-order valence-electron chi connectivity index (χ2n) is 14.1. The summed E-state index contributed by atoms with van der Waals surface area (Å²) in [5, 5.41) is 5.17. The van der Waals surface area contributed by atoms with Crippen LogP contribution < -0.4 is 5.32 Å². The molecule has 1 aromatic carbocycles. The Labute approximate surface area is 281 Å². The second kappa shape index (κ2) is 13.9. The predicted molar refractivity (Wildman–Crippen MR) is 183 cm³/mol. The van der Waals surface area contributed by atoms with Crippen LogP contribution in [0.25, 0.3) is 0 Å². The molecule has 47 heavy (non-hydrogen) atoms. The lowest BCUT2D eigenvalue weighted by Crippen LogP contribution is -2.54. The number of rotatable bonds is 11. The predicted octanol–water partition coefficient (Wildman–Crippen LogP) is 5.59. The van der Waals surface area contributed by atoms with Crippen molar-refractivity contribution in [1.82, 2.24) is 14.6 Å². The Hall–Kier alpha value is -2.94. The van der Waals surface area contributed by atoms with E-state index in [9.17, 15) is 22.4 Å². The average Bonchev–Trinajstić information content (AvgIpc) is 3.55. The Kier molecular flexibility index (Phi) is 10.4. The van der Waals surface area contributed by atoms with Crippen molar-refractivity contribution in [3.05, 3.63) is 63.0 Å². The molecule has 0 radical (unpaired) electrons. The number of sulfonamides is 1. The van der Waals surface area contributed by atoms with Gasteiger partial charge < -0.3 is 14.8 Å². The zero-order valence-corrected chi connectivity index (χ0v) is 30.6. The summed E-state index contributed by atoms with van der Waals surface area (Å²) >= 11 is 1.39. The number of nitrogens with one attached hydrogen (secondary N) is 1. The maximum absolute atomic E-state index is 14.8. The molecule has 1 aromatic heterocycles. The molecule has 10 nitrogen and oxygen atoms in total. The van der Waals surface area contributed by atoms with E-state index in [1.165, 1.54) is 21.7 Å². The lowest BCUT2D eigenvalue weighted by molar-refractivity contribution is -0.159. The fourth-order valence-electron chi connectivity index (χ4n) is 6.47. The van der Waals surface area contributed by atoms with Crippen molar-refractivity contribution >= 4 is 47.2 Å². The molecule has 1 saturated heterocycles. The van der Waals surface area contributed by atoms with E-state index in [0.717, 1.165) is 6.04 Å². The van der Waals surface area contributed by atoms with Crippen LogP contribution in [0.15, 0.2) is 46.0 Å². The number of carbonyl (C=O) groups excluding carboxylic acids is 2. The number of hydrogen-bond donors (Lipinski definition) is 1. The summed E-state index contributed by atoms with van der Waals surface area (Å²) in [6.07, 6.45) is 3.05. The highest BCUT2D eigenvalue weighted by atomic mass is 32.2. The van der Waals surface area contributed by atoms with Gasteiger partial charge in [0, 0.05) is 44.4 Å². The van der Waals surface area contributed by atoms with Gasteiger partial charge in [0.25, 0.3) is 0 Å². The molecular formula is C33H45FN4O6S2Si. The summed E-state index contributed by atoms with van der Waals surface area (Å²) in [5.41, 5.74) is 1.04. The van der Waals surface area contributed by atoms with E-state index in [2.05, 4.69) is 29.9 Å². The number of hydrogen-bond acceptors (Lipinski definition) is 10. The number of allylic oxidation sites excluding steroid dienone is 1. The van der Waals surface area contributed by atoms with E-state index in [1.54, 1.807) is 39.1 Å². The molecule has 2 aromatic rings. The van der Waals surface area contributed by atoms with Crippen LogP contribution in [0, 0.1) is 24.1 Å². The fourth-order valence-corrected chi connectivity index (χ4v) is 10.1. The van der Waals surface area contributed by atoms with Gasteiger partial charge in [-0.05, 0) is 69.7 Å². The van der Waals surface area contributed by atoms with Crippen LogP contribution in [-0.4, -0.2) is 75.1 Å². The molecule has 1 N–H and O–H groups in total. The van der Waals surface area contributed by atoms with E-state index in [4.69, 9.17) is 14.5 Å². The summed E-state index contributed by atoms with van der Waals surface area (Å²) in [7, 11) is -5.00. The Morgan fingerprint density at radius 1 is 1.17 bits per heavy atom. The summed E-state index contributed by atoms with van der Waals surface area (Å²) in [5.74, 6) is -1.01. The number of thiazole rings is 1. The standard InChI is InChI=1S/C33H45FN4O6S2Si/c1-7-43-31(39)26-27(36-29(30-35-13-17-45-30)37-28(26)24-9-8-10-25(34)21(24)2)22-11-14-38(15-12-22)46(41,42)23-19-33(3,20-23)32(40)44-16-18-47(4,5)6/h8-10,13,17,22-23,28H,7,11-12,14-16,18-20H2,1-6H3,(H,36,37). The lowest BCUT2D eigenvalue weighted by atomic mass is 9.70. The highest BCUT2D eigenvalue weighted by Gasteiger charge is 2.54. The van der Waals surface area contributed by atoms with Crippen molar-refractivity contribution in [3.8, 4) is 0 Å². The lowest BCUT2D eigenvalue weighted by Gasteiger charge is -2.45. The molecule has 0 bridgehead atoms. The van der Waals surface area contributed by atoms with Gasteiger partial charge in [0.15, 0.2) is 10.8 Å². The zero-order valence-electron chi connectivity index (χ0n) is 28.0. The van der Waals surface area contributed by atoms with Crippen molar-refractivity contribution in [1.29, 1.82) is 0 Å². The van der Waals surface area contributed by atoms with Crippen LogP contribution in [0.5, 0.6) is 0 Å². The molecular weight excluding hydrogens is 660 g/mol. The average molecular weight is 705 g/mol. The van der Waals surface area contributed by atoms with Gasteiger partial charge in [-0.25, -0.2) is 26.9 Å². The van der Waals surface area contributed by atoms with Gasteiger partial charge in [0.2, 0.25) is 10.0 Å². The third-order valence-electron chi connectivity index (χ3n) is 9.39. The van der Waals surface area contributed by atoms with Gasteiger partial charge in [0.1, 0.15) is 11.9 Å². The van der Waals surface area contributed by atoms with Gasteiger partial charge in [-0.1, -0.05) is 31.8 Å². The van der Waals surface area contributed by atoms with Crippen LogP contribution in [0.1, 0.15) is 61.7 Å². The van der Waals surface area contributed by atoms with E-state index in [0.29, 0.717) is 52.7 Å². The van der Waals surface area contributed by atoms with Crippen molar-refractivity contribution in [2.45, 2.75) is 83.4 Å². The summed E-state index contributed by atoms with van der Waals surface area (Å²) in [4.78, 5) is 35.7. The van der Waals surface area contributed by atoms with Crippen LogP contribution in [0.2, 0.25) is 25.7 Å². The minimum Gasteiger partial charge on any atom is -0.466 e. The largest absolute Gasteiger partial charge is 0.466 e. The first kappa shape index (κ1) is 35.4. The monoisotopic (exact) mass is 704 g/mol. The molecule has 5 rings (SSSR count). The van der Waals surface area contributed by atoms with E-state index in [-0.39, 0.29) is 44.4 Å². The van der Waals surface area contributed by atoms with Crippen molar-refractivity contribution in [2.75, 3.05) is 26.3 Å². The highest BCUT2D eigenvalue weighted by molar-refractivity contribution is 7.89. The smallest absolute Gasteiger partial charge is 0.338 e. The number of ether oxygens (including phenoxy) is 2. The summed E-state index contributed by atoms with van der Waals surface area (Å²) < 4.78 is 54.7. The SMILES string of the molecule is CCOC(=O)C1=C(C2CCN(S(=O)(=O)C3CC(C)(C(=O)OCC[Si](C)(C)C)C3)CC2)NC(c2nccs2)=NC1c1cccc(F)c1C. The maximum Gasteiger partial charge on any atom is 0.338 e. The molecule has 0 amide bonds. The van der Waals surface area contributed by atoms with Crippen LogP contribution in [0.3, 0.4) is 0 Å².